The second-order valence-electron chi connectivity index (χ2n) is 6.11. The van der Waals surface area contributed by atoms with E-state index in [1.54, 1.807) is 30.1 Å². The number of ether oxygens (including phenoxy) is 2. The van der Waals surface area contributed by atoms with E-state index < -0.39 is 6.04 Å². The number of likely N-dealkylation sites (N-methyl/N-ethyl adjacent to an activating group) is 1. The van der Waals surface area contributed by atoms with Gasteiger partial charge in [-0.25, -0.2) is 0 Å². The molecule has 25 heavy (non-hydrogen) atoms. The zero-order valence-electron chi connectivity index (χ0n) is 13.8. The number of anilines is 1. The largest absolute Gasteiger partial charge is 0.454 e. The van der Waals surface area contributed by atoms with Crippen LogP contribution in [0.1, 0.15) is 16.8 Å². The minimum absolute atomic E-state index is 0.0530. The molecule has 2 aliphatic heterocycles. The minimum atomic E-state index is -0.460. The van der Waals surface area contributed by atoms with Crippen molar-refractivity contribution in [2.24, 2.45) is 0 Å². The van der Waals surface area contributed by atoms with E-state index in [4.69, 9.17) is 9.47 Å². The van der Waals surface area contributed by atoms with Crippen LogP contribution < -0.4 is 14.4 Å². The molecule has 4 rings (SSSR count). The average Bonchev–Trinajstić information content (AvgIpc) is 3.27. The molecule has 0 aliphatic carbocycles. The smallest absolute Gasteiger partial charge is 0.254 e. The highest BCUT2D eigenvalue weighted by Crippen LogP contribution is 2.33. The van der Waals surface area contributed by atoms with Crippen LogP contribution in [0.25, 0.3) is 0 Å². The molecule has 2 aromatic carbocycles. The molecular formula is C19H18N2O4. The molecule has 2 aliphatic rings. The van der Waals surface area contributed by atoms with Gasteiger partial charge in [0, 0.05) is 24.8 Å². The lowest BCUT2D eigenvalue weighted by Gasteiger charge is -2.24. The third-order valence-corrected chi connectivity index (χ3v) is 4.65. The Morgan fingerprint density at radius 2 is 1.88 bits per heavy atom. The molecule has 6 heteroatoms. The number of rotatable bonds is 3. The molecule has 0 bridgehead atoms. The highest BCUT2D eigenvalue weighted by Gasteiger charge is 2.37. The van der Waals surface area contributed by atoms with Gasteiger partial charge in [0.05, 0.1) is 0 Å². The number of amides is 2. The first-order chi connectivity index (χ1) is 12.1. The maximum atomic E-state index is 12.8. The number of benzene rings is 2. The Balaban J connectivity index is 1.52. The molecule has 2 aromatic rings. The Kier molecular flexibility index (Phi) is 3.80. The highest BCUT2D eigenvalue weighted by atomic mass is 16.7. The number of para-hydroxylation sites is 1. The fourth-order valence-corrected chi connectivity index (χ4v) is 3.26. The molecular weight excluding hydrogens is 320 g/mol. The molecule has 2 amide bonds. The van der Waals surface area contributed by atoms with Crippen LogP contribution in [0.4, 0.5) is 5.69 Å². The summed E-state index contributed by atoms with van der Waals surface area (Å²) in [6.45, 7) is 0.766. The highest BCUT2D eigenvalue weighted by molar-refractivity contribution is 6.04. The van der Waals surface area contributed by atoms with Gasteiger partial charge in [-0.2, -0.15) is 0 Å². The molecule has 1 atom stereocenters. The quantitative estimate of drug-likeness (QED) is 0.862. The van der Waals surface area contributed by atoms with E-state index in [2.05, 4.69) is 0 Å². The summed E-state index contributed by atoms with van der Waals surface area (Å²) in [6.07, 6.45) is 0.612. The zero-order valence-corrected chi connectivity index (χ0v) is 13.8. The predicted octanol–water partition coefficient (Wildman–Crippen LogP) is 2.29. The van der Waals surface area contributed by atoms with E-state index in [1.165, 1.54) is 4.90 Å². The summed E-state index contributed by atoms with van der Waals surface area (Å²) in [7, 11) is 1.67. The fraction of sp³-hybridized carbons (Fsp3) is 0.263. The van der Waals surface area contributed by atoms with Crippen LogP contribution in [0, 0.1) is 0 Å². The molecule has 1 saturated heterocycles. The molecule has 128 valence electrons. The molecule has 0 aromatic heterocycles. The van der Waals surface area contributed by atoms with E-state index >= 15 is 0 Å². The SMILES string of the molecule is CN(C(=O)c1ccc2c(c1)OCO2)[C@@H]1CCN(c2ccccc2)C1=O. The van der Waals surface area contributed by atoms with Crippen molar-refractivity contribution in [3.8, 4) is 11.5 Å². The van der Waals surface area contributed by atoms with Gasteiger partial charge in [0.15, 0.2) is 11.5 Å². The van der Waals surface area contributed by atoms with Crippen LogP contribution in [0.2, 0.25) is 0 Å². The van der Waals surface area contributed by atoms with Crippen LogP contribution in [0.15, 0.2) is 48.5 Å². The van der Waals surface area contributed by atoms with Crippen molar-refractivity contribution >= 4 is 17.5 Å². The first kappa shape index (κ1) is 15.5. The van der Waals surface area contributed by atoms with Crippen molar-refractivity contribution in [2.75, 3.05) is 25.3 Å². The molecule has 0 spiro atoms. The maximum absolute atomic E-state index is 12.8. The van der Waals surface area contributed by atoms with E-state index in [-0.39, 0.29) is 18.6 Å². The Bertz CT molecular complexity index is 821. The molecule has 2 heterocycles. The summed E-state index contributed by atoms with van der Waals surface area (Å²) in [4.78, 5) is 28.8. The lowest BCUT2D eigenvalue weighted by atomic mass is 10.1. The topological polar surface area (TPSA) is 59.1 Å². The van der Waals surface area contributed by atoms with Gasteiger partial charge in [-0.1, -0.05) is 18.2 Å². The Morgan fingerprint density at radius 3 is 2.68 bits per heavy atom. The van der Waals surface area contributed by atoms with Crippen molar-refractivity contribution < 1.29 is 19.1 Å². The van der Waals surface area contributed by atoms with E-state index in [0.717, 1.165) is 5.69 Å². The molecule has 0 radical (unpaired) electrons. The Hall–Kier alpha value is -3.02. The molecule has 0 unspecified atom stereocenters. The molecule has 0 saturated carbocycles. The van der Waals surface area contributed by atoms with Crippen molar-refractivity contribution in [1.82, 2.24) is 4.90 Å². The lowest BCUT2D eigenvalue weighted by molar-refractivity contribution is -0.120. The van der Waals surface area contributed by atoms with Gasteiger partial charge < -0.3 is 19.3 Å². The molecule has 0 N–H and O–H groups in total. The summed E-state index contributed by atoms with van der Waals surface area (Å²) in [5, 5.41) is 0. The normalized spacial score (nSPS) is 18.5. The van der Waals surface area contributed by atoms with Crippen LogP contribution >= 0.6 is 0 Å². The van der Waals surface area contributed by atoms with Crippen molar-refractivity contribution in [3.05, 3.63) is 54.1 Å². The molecule has 1 fully saturated rings. The van der Waals surface area contributed by atoms with E-state index in [0.29, 0.717) is 30.0 Å². The second-order valence-corrected chi connectivity index (χ2v) is 6.11. The fourth-order valence-electron chi connectivity index (χ4n) is 3.26. The van der Waals surface area contributed by atoms with Gasteiger partial charge in [0.25, 0.3) is 5.91 Å². The summed E-state index contributed by atoms with van der Waals surface area (Å²) in [5.74, 6) is 0.934. The van der Waals surface area contributed by atoms with Crippen LogP contribution in [0.3, 0.4) is 0 Å². The van der Waals surface area contributed by atoms with Gasteiger partial charge in [-0.15, -0.1) is 0 Å². The average molecular weight is 338 g/mol. The monoisotopic (exact) mass is 338 g/mol. The van der Waals surface area contributed by atoms with Crippen LogP contribution in [0.5, 0.6) is 11.5 Å². The zero-order chi connectivity index (χ0) is 17.4. The van der Waals surface area contributed by atoms with Gasteiger partial charge in [-0.05, 0) is 36.8 Å². The number of hydrogen-bond acceptors (Lipinski definition) is 4. The maximum Gasteiger partial charge on any atom is 0.254 e. The van der Waals surface area contributed by atoms with Crippen molar-refractivity contribution in [2.45, 2.75) is 12.5 Å². The number of carbonyl (C=O) groups excluding carboxylic acids is 2. The van der Waals surface area contributed by atoms with Crippen LogP contribution in [-0.4, -0.2) is 43.1 Å². The third kappa shape index (κ3) is 2.69. The van der Waals surface area contributed by atoms with E-state index in [9.17, 15) is 9.59 Å². The third-order valence-electron chi connectivity index (χ3n) is 4.65. The second kappa shape index (κ2) is 6.12. The van der Waals surface area contributed by atoms with Gasteiger partial charge in [0.2, 0.25) is 12.7 Å². The molecule has 6 nitrogen and oxygen atoms in total. The minimum Gasteiger partial charge on any atom is -0.454 e. The Labute approximate surface area is 145 Å². The van der Waals surface area contributed by atoms with Gasteiger partial charge in [-0.3, -0.25) is 9.59 Å². The number of fused-ring (bicyclic) bond motifs is 1. The number of carbonyl (C=O) groups is 2. The van der Waals surface area contributed by atoms with Gasteiger partial charge >= 0.3 is 0 Å². The summed E-state index contributed by atoms with van der Waals surface area (Å²) >= 11 is 0. The van der Waals surface area contributed by atoms with Gasteiger partial charge in [0.1, 0.15) is 6.04 Å². The summed E-state index contributed by atoms with van der Waals surface area (Å²) < 4.78 is 10.6. The first-order valence-electron chi connectivity index (χ1n) is 8.18. The van der Waals surface area contributed by atoms with Crippen molar-refractivity contribution in [3.63, 3.8) is 0 Å². The first-order valence-corrected chi connectivity index (χ1v) is 8.18. The predicted molar refractivity (Wildman–Crippen MR) is 91.9 cm³/mol. The van der Waals surface area contributed by atoms with Crippen molar-refractivity contribution in [1.29, 1.82) is 0 Å². The lowest BCUT2D eigenvalue weighted by Crippen LogP contribution is -2.43. The number of hydrogen-bond donors (Lipinski definition) is 0. The summed E-state index contributed by atoms with van der Waals surface area (Å²) in [5.41, 5.74) is 1.34. The van der Waals surface area contributed by atoms with E-state index in [1.807, 2.05) is 30.3 Å². The Morgan fingerprint density at radius 1 is 1.12 bits per heavy atom. The number of nitrogens with zero attached hydrogens (tertiary/aromatic N) is 2. The standard InChI is InChI=1S/C19H18N2O4/c1-20(18(22)13-7-8-16-17(11-13)25-12-24-16)15-9-10-21(19(15)23)14-5-3-2-4-6-14/h2-8,11,15H,9-10,12H2,1H3/t15-/m1/s1. The van der Waals surface area contributed by atoms with Crippen LogP contribution in [-0.2, 0) is 4.79 Å². The summed E-state index contributed by atoms with van der Waals surface area (Å²) in [6, 6.07) is 14.1.